The van der Waals surface area contributed by atoms with Gasteiger partial charge < -0.3 is 15.8 Å². The number of anilines is 3. The molecule has 0 amide bonds. The molecule has 6 heteroatoms. The van der Waals surface area contributed by atoms with E-state index in [9.17, 15) is 0 Å². The summed E-state index contributed by atoms with van der Waals surface area (Å²) >= 11 is 6.85. The summed E-state index contributed by atoms with van der Waals surface area (Å²) in [5.74, 6) is 0.780. The van der Waals surface area contributed by atoms with Crippen molar-refractivity contribution in [1.82, 2.24) is 4.98 Å². The van der Waals surface area contributed by atoms with Gasteiger partial charge in [-0.1, -0.05) is 0 Å². The highest BCUT2D eigenvalue weighted by molar-refractivity contribution is 9.11. The van der Waals surface area contributed by atoms with Crippen molar-refractivity contribution in [2.24, 2.45) is 0 Å². The maximum atomic E-state index is 5.87. The minimum atomic E-state index is 0.580. The number of halogens is 2. The van der Waals surface area contributed by atoms with Crippen LogP contribution in [0.1, 0.15) is 0 Å². The van der Waals surface area contributed by atoms with Crippen LogP contribution in [0, 0.1) is 0 Å². The number of aromatic nitrogens is 1. The Labute approximate surface area is 122 Å². The quantitative estimate of drug-likeness (QED) is 0.856. The van der Waals surface area contributed by atoms with E-state index in [1.807, 2.05) is 18.2 Å². The summed E-state index contributed by atoms with van der Waals surface area (Å²) in [5, 5.41) is 3.24. The molecule has 0 aliphatic heterocycles. The minimum Gasteiger partial charge on any atom is -0.496 e. The third-order valence-electron chi connectivity index (χ3n) is 2.35. The van der Waals surface area contributed by atoms with Gasteiger partial charge in [0, 0.05) is 11.9 Å². The van der Waals surface area contributed by atoms with Crippen LogP contribution in [0.4, 0.5) is 17.1 Å². The zero-order chi connectivity index (χ0) is 13.1. The highest BCUT2D eigenvalue weighted by Crippen LogP contribution is 2.33. The molecule has 0 saturated heterocycles. The van der Waals surface area contributed by atoms with Gasteiger partial charge in [-0.25, -0.2) is 0 Å². The number of methoxy groups -OCH3 is 1. The van der Waals surface area contributed by atoms with Gasteiger partial charge in [0.15, 0.2) is 0 Å². The van der Waals surface area contributed by atoms with Gasteiger partial charge in [-0.05, 0) is 50.1 Å². The molecule has 4 nitrogen and oxygen atoms in total. The molecule has 0 spiro atoms. The van der Waals surface area contributed by atoms with Crippen molar-refractivity contribution < 1.29 is 4.74 Å². The normalized spacial score (nSPS) is 10.2. The van der Waals surface area contributed by atoms with Crippen molar-refractivity contribution in [3.8, 4) is 5.75 Å². The number of hydrogen-bond donors (Lipinski definition) is 2. The lowest BCUT2D eigenvalue weighted by molar-refractivity contribution is 0.412. The average Bonchev–Trinajstić information content (AvgIpc) is 2.34. The topological polar surface area (TPSA) is 60.2 Å². The number of nitrogens with one attached hydrogen (secondary N) is 1. The number of hydrogen-bond acceptors (Lipinski definition) is 4. The Balaban J connectivity index is 2.32. The number of nitrogens with zero attached hydrogens (tertiary/aromatic N) is 1. The van der Waals surface area contributed by atoms with Crippen LogP contribution in [0.25, 0.3) is 0 Å². The molecule has 3 N–H and O–H groups in total. The van der Waals surface area contributed by atoms with E-state index >= 15 is 0 Å². The second kappa shape index (κ2) is 5.58. The molecule has 2 rings (SSSR count). The lowest BCUT2D eigenvalue weighted by atomic mass is 10.2. The summed E-state index contributed by atoms with van der Waals surface area (Å²) in [6, 6.07) is 5.71. The first kappa shape index (κ1) is 13.2. The lowest BCUT2D eigenvalue weighted by Gasteiger charge is -2.12. The number of benzene rings is 1. The molecule has 1 heterocycles. The third kappa shape index (κ3) is 2.76. The predicted molar refractivity (Wildman–Crippen MR) is 80.3 cm³/mol. The predicted octanol–water partition coefficient (Wildman–Crippen LogP) is 3.94. The summed E-state index contributed by atoms with van der Waals surface area (Å²) in [6.45, 7) is 0. The van der Waals surface area contributed by atoms with E-state index in [-0.39, 0.29) is 0 Å². The molecule has 1 aromatic heterocycles. The second-order valence-electron chi connectivity index (χ2n) is 3.56. The largest absolute Gasteiger partial charge is 0.496 e. The third-order valence-corrected chi connectivity index (χ3v) is 3.57. The summed E-state index contributed by atoms with van der Waals surface area (Å²) in [5.41, 5.74) is 8.15. The molecule has 1 aromatic carbocycles. The van der Waals surface area contributed by atoms with E-state index in [0.29, 0.717) is 5.69 Å². The molecule has 0 radical (unpaired) electrons. The molecule has 0 aliphatic rings. The van der Waals surface area contributed by atoms with Crippen LogP contribution in [0.3, 0.4) is 0 Å². The van der Waals surface area contributed by atoms with Crippen molar-refractivity contribution in [2.45, 2.75) is 0 Å². The van der Waals surface area contributed by atoms with Crippen LogP contribution in [0.15, 0.2) is 39.5 Å². The molecule has 18 heavy (non-hydrogen) atoms. The average molecular weight is 373 g/mol. The second-order valence-corrected chi connectivity index (χ2v) is 5.27. The monoisotopic (exact) mass is 371 g/mol. The van der Waals surface area contributed by atoms with Gasteiger partial charge in [-0.15, -0.1) is 0 Å². The Kier molecular flexibility index (Phi) is 4.08. The first-order valence-corrected chi connectivity index (χ1v) is 6.70. The van der Waals surface area contributed by atoms with Gasteiger partial charge in [-0.3, -0.25) is 4.98 Å². The van der Waals surface area contributed by atoms with E-state index in [4.69, 9.17) is 10.5 Å². The van der Waals surface area contributed by atoms with Crippen molar-refractivity contribution in [1.29, 1.82) is 0 Å². The smallest absolute Gasteiger partial charge is 0.133 e. The van der Waals surface area contributed by atoms with Crippen LogP contribution in [0.2, 0.25) is 0 Å². The molecule has 0 unspecified atom stereocenters. The Bertz CT molecular complexity index is 555. The summed E-state index contributed by atoms with van der Waals surface area (Å²) in [7, 11) is 1.63. The standard InChI is InChI=1S/C12H11Br2N3O/c1-18-11-3-2-7(4-8(11)13)17-12-9(14)5-16-6-10(12)15/h2-6H,15H2,1H3,(H,16,17). The molecule has 2 aromatic rings. The molecule has 0 atom stereocenters. The van der Waals surface area contributed by atoms with Gasteiger partial charge in [0.05, 0.1) is 33.6 Å². The number of ether oxygens (including phenoxy) is 1. The SMILES string of the molecule is COc1ccc(Nc2c(N)cncc2Br)cc1Br. The molecule has 0 saturated carbocycles. The van der Waals surface area contributed by atoms with E-state index in [1.54, 1.807) is 19.5 Å². The van der Waals surface area contributed by atoms with Crippen LogP contribution >= 0.6 is 31.9 Å². The summed E-state index contributed by atoms with van der Waals surface area (Å²) in [6.07, 6.45) is 3.29. The zero-order valence-electron chi connectivity index (χ0n) is 9.58. The zero-order valence-corrected chi connectivity index (χ0v) is 12.7. The molecule has 0 bridgehead atoms. The molecule has 0 aliphatic carbocycles. The van der Waals surface area contributed by atoms with E-state index in [1.165, 1.54) is 0 Å². The maximum absolute atomic E-state index is 5.87. The fourth-order valence-corrected chi connectivity index (χ4v) is 2.46. The summed E-state index contributed by atoms with van der Waals surface area (Å²) in [4.78, 5) is 3.99. The van der Waals surface area contributed by atoms with Crippen LogP contribution in [-0.2, 0) is 0 Å². The number of nitrogens with two attached hydrogens (primary N) is 1. The first-order valence-electron chi connectivity index (χ1n) is 5.11. The van der Waals surface area contributed by atoms with Crippen molar-refractivity contribution in [3.63, 3.8) is 0 Å². The first-order chi connectivity index (χ1) is 8.61. The Morgan fingerprint density at radius 3 is 2.61 bits per heavy atom. The van der Waals surface area contributed by atoms with E-state index < -0.39 is 0 Å². The summed E-state index contributed by atoms with van der Waals surface area (Å²) < 4.78 is 6.87. The van der Waals surface area contributed by atoms with Gasteiger partial charge in [0.25, 0.3) is 0 Å². The van der Waals surface area contributed by atoms with Gasteiger partial charge in [-0.2, -0.15) is 0 Å². The van der Waals surface area contributed by atoms with Crippen molar-refractivity contribution in [3.05, 3.63) is 39.5 Å². The maximum Gasteiger partial charge on any atom is 0.133 e. The van der Waals surface area contributed by atoms with Gasteiger partial charge in [0.2, 0.25) is 0 Å². The number of rotatable bonds is 3. The van der Waals surface area contributed by atoms with Crippen molar-refractivity contribution >= 4 is 48.9 Å². The molecule has 0 fully saturated rings. The molecular weight excluding hydrogens is 362 g/mol. The van der Waals surface area contributed by atoms with Crippen LogP contribution in [-0.4, -0.2) is 12.1 Å². The minimum absolute atomic E-state index is 0.580. The fourth-order valence-electron chi connectivity index (χ4n) is 1.47. The highest BCUT2D eigenvalue weighted by atomic mass is 79.9. The molecular formula is C12H11Br2N3O. The lowest BCUT2D eigenvalue weighted by Crippen LogP contribution is -1.98. The van der Waals surface area contributed by atoms with E-state index in [0.717, 1.165) is 26.1 Å². The highest BCUT2D eigenvalue weighted by Gasteiger charge is 2.07. The van der Waals surface area contributed by atoms with Crippen LogP contribution in [0.5, 0.6) is 5.75 Å². The Morgan fingerprint density at radius 2 is 2.00 bits per heavy atom. The van der Waals surface area contributed by atoms with E-state index in [2.05, 4.69) is 42.2 Å². The Hall–Kier alpha value is -1.27. The fraction of sp³-hybridized carbons (Fsp3) is 0.0833. The van der Waals surface area contributed by atoms with Gasteiger partial charge >= 0.3 is 0 Å². The number of pyridine rings is 1. The molecule has 94 valence electrons. The van der Waals surface area contributed by atoms with Crippen LogP contribution < -0.4 is 15.8 Å². The Morgan fingerprint density at radius 1 is 1.22 bits per heavy atom. The van der Waals surface area contributed by atoms with Crippen molar-refractivity contribution in [2.75, 3.05) is 18.2 Å². The van der Waals surface area contributed by atoms with Gasteiger partial charge in [0.1, 0.15) is 5.75 Å². The number of nitrogen functional groups attached to an aromatic ring is 1.